The molecule has 2 amide bonds. The maximum Gasteiger partial charge on any atom is 0.411 e. The van der Waals surface area contributed by atoms with Gasteiger partial charge in [0, 0.05) is 12.7 Å². The van der Waals surface area contributed by atoms with Gasteiger partial charge < -0.3 is 14.4 Å². The zero-order valence-electron chi connectivity index (χ0n) is 14.5. The van der Waals surface area contributed by atoms with Gasteiger partial charge in [0.25, 0.3) is 0 Å². The van der Waals surface area contributed by atoms with E-state index in [1.165, 1.54) is 29.2 Å². The molecule has 0 aliphatic carbocycles. The van der Waals surface area contributed by atoms with Crippen LogP contribution in [-0.2, 0) is 19.1 Å². The lowest BCUT2D eigenvalue weighted by Crippen LogP contribution is -2.44. The number of hydrogen-bond acceptors (Lipinski definition) is 5. The van der Waals surface area contributed by atoms with Crippen LogP contribution in [0.1, 0.15) is 27.7 Å². The highest BCUT2D eigenvalue weighted by Gasteiger charge is 2.25. The SMILES string of the molecule is C=CCN(CC(=O)N(/C=C/C)CC(=O)OC)C(=O)OC(C)(C)C. The van der Waals surface area contributed by atoms with Crippen LogP contribution in [0.15, 0.2) is 24.9 Å². The van der Waals surface area contributed by atoms with Crippen LogP contribution in [0.2, 0.25) is 0 Å². The molecule has 23 heavy (non-hydrogen) atoms. The van der Waals surface area contributed by atoms with E-state index in [0.29, 0.717) is 0 Å². The maximum absolute atomic E-state index is 12.3. The fourth-order valence-corrected chi connectivity index (χ4v) is 1.55. The van der Waals surface area contributed by atoms with Gasteiger partial charge in [-0.25, -0.2) is 4.79 Å². The summed E-state index contributed by atoms with van der Waals surface area (Å²) >= 11 is 0. The second-order valence-electron chi connectivity index (χ2n) is 5.73. The average Bonchev–Trinajstić information content (AvgIpc) is 2.44. The summed E-state index contributed by atoms with van der Waals surface area (Å²) in [6, 6.07) is 0. The van der Waals surface area contributed by atoms with Crippen molar-refractivity contribution in [3.63, 3.8) is 0 Å². The molecule has 0 saturated carbocycles. The van der Waals surface area contributed by atoms with Crippen LogP contribution in [0.3, 0.4) is 0 Å². The third-order valence-corrected chi connectivity index (χ3v) is 2.50. The van der Waals surface area contributed by atoms with E-state index in [-0.39, 0.29) is 19.6 Å². The largest absolute Gasteiger partial charge is 0.468 e. The van der Waals surface area contributed by atoms with Gasteiger partial charge in [-0.05, 0) is 27.7 Å². The Hall–Kier alpha value is -2.31. The van der Waals surface area contributed by atoms with E-state index < -0.39 is 23.6 Å². The summed E-state index contributed by atoms with van der Waals surface area (Å²) in [6.07, 6.45) is 3.95. The highest BCUT2D eigenvalue weighted by molar-refractivity contribution is 5.86. The van der Waals surface area contributed by atoms with Crippen molar-refractivity contribution in [2.75, 3.05) is 26.7 Å². The molecule has 0 aromatic rings. The van der Waals surface area contributed by atoms with Crippen molar-refractivity contribution < 1.29 is 23.9 Å². The standard InChI is InChI=1S/C16H26N2O5/c1-7-9-17(12-14(20)22-6)13(19)11-18(10-8-2)15(21)23-16(3,4)5/h7-9H,2,10-12H2,1,3-6H3/b9-7+. The summed E-state index contributed by atoms with van der Waals surface area (Å²) in [5.74, 6) is -0.981. The molecule has 0 heterocycles. The lowest BCUT2D eigenvalue weighted by molar-refractivity contribution is -0.145. The fraction of sp³-hybridized carbons (Fsp3) is 0.562. The molecule has 0 aromatic carbocycles. The summed E-state index contributed by atoms with van der Waals surface area (Å²) < 4.78 is 9.81. The van der Waals surface area contributed by atoms with Gasteiger partial charge in [-0.1, -0.05) is 12.2 Å². The van der Waals surface area contributed by atoms with Crippen molar-refractivity contribution >= 4 is 18.0 Å². The van der Waals surface area contributed by atoms with Gasteiger partial charge >= 0.3 is 12.1 Å². The smallest absolute Gasteiger partial charge is 0.411 e. The van der Waals surface area contributed by atoms with E-state index in [2.05, 4.69) is 11.3 Å². The first-order valence-electron chi connectivity index (χ1n) is 7.22. The predicted octanol–water partition coefficient (Wildman–Crippen LogP) is 1.94. The number of esters is 1. The van der Waals surface area contributed by atoms with Crippen molar-refractivity contribution in [1.82, 2.24) is 9.80 Å². The van der Waals surface area contributed by atoms with Gasteiger partial charge in [0.05, 0.1) is 7.11 Å². The number of carbonyl (C=O) groups excluding carboxylic acids is 3. The Morgan fingerprint density at radius 2 is 1.78 bits per heavy atom. The average molecular weight is 326 g/mol. The molecule has 0 radical (unpaired) electrons. The molecule has 0 aliphatic rings. The van der Waals surface area contributed by atoms with Crippen molar-refractivity contribution in [1.29, 1.82) is 0 Å². The van der Waals surface area contributed by atoms with E-state index in [1.807, 2.05) is 0 Å². The minimum atomic E-state index is -0.672. The molecule has 0 aromatic heterocycles. The number of amides is 2. The van der Waals surface area contributed by atoms with Gasteiger partial charge in [0.15, 0.2) is 0 Å². The zero-order valence-corrected chi connectivity index (χ0v) is 14.5. The first-order valence-corrected chi connectivity index (χ1v) is 7.22. The fourth-order valence-electron chi connectivity index (χ4n) is 1.55. The molecule has 130 valence electrons. The van der Waals surface area contributed by atoms with E-state index in [4.69, 9.17) is 4.74 Å². The molecular weight excluding hydrogens is 300 g/mol. The van der Waals surface area contributed by atoms with Crippen LogP contribution in [0, 0.1) is 0 Å². The first-order chi connectivity index (χ1) is 10.6. The monoisotopic (exact) mass is 326 g/mol. The van der Waals surface area contributed by atoms with Gasteiger partial charge in [-0.3, -0.25) is 14.5 Å². The van der Waals surface area contributed by atoms with Crippen LogP contribution in [0.4, 0.5) is 4.79 Å². The molecule has 0 bridgehead atoms. The first kappa shape index (κ1) is 20.7. The molecule has 0 aliphatic heterocycles. The lowest BCUT2D eigenvalue weighted by atomic mass is 10.2. The molecule has 0 saturated heterocycles. The number of allylic oxidation sites excluding steroid dienone is 1. The Kier molecular flexibility index (Phi) is 8.69. The Morgan fingerprint density at radius 1 is 1.17 bits per heavy atom. The predicted molar refractivity (Wildman–Crippen MR) is 86.5 cm³/mol. The van der Waals surface area contributed by atoms with Crippen LogP contribution < -0.4 is 0 Å². The third kappa shape index (κ3) is 8.65. The van der Waals surface area contributed by atoms with E-state index in [0.717, 1.165) is 0 Å². The number of ether oxygens (including phenoxy) is 2. The zero-order chi connectivity index (χ0) is 18.0. The number of carbonyl (C=O) groups is 3. The molecule has 0 unspecified atom stereocenters. The Bertz CT molecular complexity index is 466. The van der Waals surface area contributed by atoms with E-state index >= 15 is 0 Å². The van der Waals surface area contributed by atoms with Crippen LogP contribution in [0.25, 0.3) is 0 Å². The lowest BCUT2D eigenvalue weighted by Gasteiger charge is -2.27. The molecule has 0 N–H and O–H groups in total. The highest BCUT2D eigenvalue weighted by Crippen LogP contribution is 2.10. The molecular formula is C16H26N2O5. The van der Waals surface area contributed by atoms with E-state index in [9.17, 15) is 14.4 Å². The molecule has 0 spiro atoms. The molecule has 0 atom stereocenters. The van der Waals surface area contributed by atoms with Crippen molar-refractivity contribution in [2.24, 2.45) is 0 Å². The van der Waals surface area contributed by atoms with Crippen molar-refractivity contribution in [3.05, 3.63) is 24.9 Å². The summed E-state index contributed by atoms with van der Waals surface area (Å²) in [6.45, 7) is 10.2. The number of rotatable bonds is 7. The van der Waals surface area contributed by atoms with E-state index in [1.54, 1.807) is 33.8 Å². The highest BCUT2D eigenvalue weighted by atomic mass is 16.6. The van der Waals surface area contributed by atoms with Gasteiger partial charge in [0.2, 0.25) is 5.91 Å². The van der Waals surface area contributed by atoms with Gasteiger partial charge in [0.1, 0.15) is 18.7 Å². The second kappa shape index (κ2) is 9.66. The number of hydrogen-bond donors (Lipinski definition) is 0. The summed E-state index contributed by atoms with van der Waals surface area (Å²) in [5, 5.41) is 0. The van der Waals surface area contributed by atoms with Crippen LogP contribution in [-0.4, -0.2) is 60.1 Å². The topological polar surface area (TPSA) is 76.2 Å². The van der Waals surface area contributed by atoms with Gasteiger partial charge in [-0.15, -0.1) is 6.58 Å². The molecule has 0 rings (SSSR count). The minimum Gasteiger partial charge on any atom is -0.468 e. The van der Waals surface area contributed by atoms with Crippen LogP contribution >= 0.6 is 0 Å². The molecule has 7 nitrogen and oxygen atoms in total. The Morgan fingerprint density at radius 3 is 2.22 bits per heavy atom. The Labute approximate surface area is 137 Å². The molecule has 7 heteroatoms. The van der Waals surface area contributed by atoms with Crippen molar-refractivity contribution in [3.8, 4) is 0 Å². The maximum atomic E-state index is 12.3. The van der Waals surface area contributed by atoms with Crippen molar-refractivity contribution in [2.45, 2.75) is 33.3 Å². The normalized spacial score (nSPS) is 11.0. The quantitative estimate of drug-likeness (QED) is 0.528. The summed E-state index contributed by atoms with van der Waals surface area (Å²) in [5.41, 5.74) is -0.672. The summed E-state index contributed by atoms with van der Waals surface area (Å²) in [7, 11) is 1.24. The number of methoxy groups -OCH3 is 1. The summed E-state index contributed by atoms with van der Waals surface area (Å²) in [4.78, 5) is 38.2. The Balaban J connectivity index is 5.01. The van der Waals surface area contributed by atoms with Gasteiger partial charge in [-0.2, -0.15) is 0 Å². The number of nitrogens with zero attached hydrogens (tertiary/aromatic N) is 2. The third-order valence-electron chi connectivity index (χ3n) is 2.50. The van der Waals surface area contributed by atoms with Crippen LogP contribution in [0.5, 0.6) is 0 Å². The minimum absolute atomic E-state index is 0.155. The molecule has 0 fully saturated rings. The second-order valence-corrected chi connectivity index (χ2v) is 5.73.